The monoisotopic (exact) mass is 564 g/mol. The molecule has 0 spiro atoms. The van der Waals surface area contributed by atoms with Gasteiger partial charge in [-0.05, 0) is 32.8 Å². The molecule has 2 rings (SSSR count). The lowest BCUT2D eigenvalue weighted by Crippen LogP contribution is -2.38. The van der Waals surface area contributed by atoms with Gasteiger partial charge in [-0.2, -0.15) is 13.2 Å². The quantitative estimate of drug-likeness (QED) is 0.143. The lowest BCUT2D eigenvalue weighted by atomic mass is 9.79. The molecule has 0 radical (unpaired) electrons. The molecule has 1 aromatic rings. The lowest BCUT2D eigenvalue weighted by Gasteiger charge is -2.32. The average molecular weight is 565 g/mol. The Bertz CT molecular complexity index is 1050. The number of carbonyl (C=O) groups is 2. The molecule has 0 saturated heterocycles. The van der Waals surface area contributed by atoms with E-state index >= 15 is 0 Å². The van der Waals surface area contributed by atoms with Crippen LogP contribution in [0, 0.1) is 10.1 Å². The SMILES string of the molecule is CCOC(=O)C1=C(C(F)(F)F)NC(C)=C(C(=O)OC)C1c1cc([N+](=O)[O-])ccc1OCCCCBr. The maximum absolute atomic E-state index is 14.0. The number of nitro groups is 1. The van der Waals surface area contributed by atoms with Crippen molar-refractivity contribution in [2.24, 2.45) is 0 Å². The molecule has 0 amide bonds. The first-order valence-corrected chi connectivity index (χ1v) is 11.6. The number of methoxy groups -OCH3 is 1. The van der Waals surface area contributed by atoms with E-state index in [4.69, 9.17) is 14.2 Å². The summed E-state index contributed by atoms with van der Waals surface area (Å²) in [5.74, 6) is -4.11. The maximum Gasteiger partial charge on any atom is 0.431 e. The Morgan fingerprint density at radius 1 is 1.20 bits per heavy atom. The topological polar surface area (TPSA) is 117 Å². The number of alkyl halides is 4. The largest absolute Gasteiger partial charge is 0.493 e. The molecule has 1 heterocycles. The smallest absolute Gasteiger partial charge is 0.431 e. The first-order chi connectivity index (χ1) is 16.5. The van der Waals surface area contributed by atoms with Gasteiger partial charge < -0.3 is 19.5 Å². The number of hydrogen-bond donors (Lipinski definition) is 1. The second kappa shape index (κ2) is 12.0. The van der Waals surface area contributed by atoms with Crippen LogP contribution in [-0.2, 0) is 19.1 Å². The third-order valence-corrected chi connectivity index (χ3v) is 5.61. The van der Waals surface area contributed by atoms with Gasteiger partial charge in [0.05, 0.1) is 42.3 Å². The number of esters is 2. The van der Waals surface area contributed by atoms with Gasteiger partial charge in [0.2, 0.25) is 0 Å². The molecule has 0 saturated carbocycles. The van der Waals surface area contributed by atoms with Crippen LogP contribution in [0.15, 0.2) is 40.7 Å². The number of hydrogen-bond acceptors (Lipinski definition) is 8. The van der Waals surface area contributed by atoms with E-state index in [-0.39, 0.29) is 35.8 Å². The van der Waals surface area contributed by atoms with Crippen molar-refractivity contribution in [3.05, 3.63) is 56.4 Å². The van der Waals surface area contributed by atoms with Gasteiger partial charge in [0.25, 0.3) is 5.69 Å². The van der Waals surface area contributed by atoms with Gasteiger partial charge in [-0.25, -0.2) is 9.59 Å². The molecule has 1 aliphatic rings. The number of nitrogens with one attached hydrogen (secondary N) is 1. The number of halogens is 4. The van der Waals surface area contributed by atoms with Crippen LogP contribution in [0.5, 0.6) is 5.75 Å². The fourth-order valence-electron chi connectivity index (χ4n) is 3.56. The molecule has 13 heteroatoms. The lowest BCUT2D eigenvalue weighted by molar-refractivity contribution is -0.384. The Kier molecular flexibility index (Phi) is 9.69. The van der Waals surface area contributed by atoms with Gasteiger partial charge >= 0.3 is 18.1 Å². The first kappa shape index (κ1) is 28.1. The molecule has 0 bridgehead atoms. The third kappa shape index (κ3) is 6.53. The fraction of sp³-hybridized carbons (Fsp3) is 0.455. The normalized spacial score (nSPS) is 16.0. The van der Waals surface area contributed by atoms with Crippen molar-refractivity contribution in [1.29, 1.82) is 0 Å². The van der Waals surface area contributed by atoms with Crippen molar-refractivity contribution in [2.45, 2.75) is 38.8 Å². The van der Waals surface area contributed by atoms with Crippen LogP contribution in [-0.4, -0.2) is 48.7 Å². The highest BCUT2D eigenvalue weighted by molar-refractivity contribution is 9.09. The zero-order valence-electron chi connectivity index (χ0n) is 19.2. The van der Waals surface area contributed by atoms with E-state index in [1.807, 2.05) is 0 Å². The maximum atomic E-state index is 14.0. The van der Waals surface area contributed by atoms with Gasteiger partial charge in [-0.1, -0.05) is 15.9 Å². The van der Waals surface area contributed by atoms with E-state index in [0.717, 1.165) is 25.7 Å². The highest BCUT2D eigenvalue weighted by atomic mass is 79.9. The molecule has 1 unspecified atom stereocenters. The van der Waals surface area contributed by atoms with Crippen LogP contribution in [0.2, 0.25) is 0 Å². The number of dihydropyridines is 1. The standard InChI is InChI=1S/C22H24BrF3N2O7/c1-4-34-21(30)18-17(16(20(29)33-3)12(2)27-19(18)22(24,25)26)14-11-13(28(31)32)7-8-15(14)35-10-6-5-9-23/h7-8,11,17,27H,4-6,9-10H2,1-3H3. The minimum atomic E-state index is -5.04. The molecule has 9 nitrogen and oxygen atoms in total. The molecule has 0 aromatic heterocycles. The highest BCUT2D eigenvalue weighted by Crippen LogP contribution is 2.46. The number of unbranched alkanes of at least 4 members (excludes halogenated alkanes) is 1. The van der Waals surface area contributed by atoms with Gasteiger partial charge in [0.1, 0.15) is 11.4 Å². The second-order valence-electron chi connectivity index (χ2n) is 7.32. The number of benzene rings is 1. The van der Waals surface area contributed by atoms with Crippen molar-refractivity contribution in [1.82, 2.24) is 5.32 Å². The number of rotatable bonds is 10. The van der Waals surface area contributed by atoms with Gasteiger partial charge in [-0.3, -0.25) is 10.1 Å². The summed E-state index contributed by atoms with van der Waals surface area (Å²) >= 11 is 3.28. The van der Waals surface area contributed by atoms with Crippen molar-refractivity contribution < 1.29 is 41.9 Å². The van der Waals surface area contributed by atoms with E-state index in [1.54, 1.807) is 0 Å². The Morgan fingerprint density at radius 3 is 2.43 bits per heavy atom. The van der Waals surface area contributed by atoms with Crippen molar-refractivity contribution in [3.63, 3.8) is 0 Å². The minimum Gasteiger partial charge on any atom is -0.493 e. The number of carbonyl (C=O) groups excluding carboxylic acids is 2. The molecular formula is C22H24BrF3N2O7. The van der Waals surface area contributed by atoms with Crippen molar-refractivity contribution in [2.75, 3.05) is 25.7 Å². The fourth-order valence-corrected chi connectivity index (χ4v) is 3.95. The van der Waals surface area contributed by atoms with E-state index in [1.165, 1.54) is 19.9 Å². The number of nitrogens with zero attached hydrogens (tertiary/aromatic N) is 1. The summed E-state index contributed by atoms with van der Waals surface area (Å²) in [4.78, 5) is 36.3. The summed E-state index contributed by atoms with van der Waals surface area (Å²) in [7, 11) is 1.03. The Hall–Kier alpha value is -3.09. The molecule has 1 N–H and O–H groups in total. The predicted octanol–water partition coefficient (Wildman–Crippen LogP) is 4.66. The van der Waals surface area contributed by atoms with E-state index in [2.05, 4.69) is 21.2 Å². The van der Waals surface area contributed by atoms with Gasteiger partial charge in [0, 0.05) is 28.7 Å². The molecule has 1 aliphatic heterocycles. The van der Waals surface area contributed by atoms with Crippen molar-refractivity contribution in [3.8, 4) is 5.75 Å². The van der Waals surface area contributed by atoms with Crippen LogP contribution in [0.3, 0.4) is 0 Å². The molecule has 1 atom stereocenters. The molecule has 0 fully saturated rings. The third-order valence-electron chi connectivity index (χ3n) is 5.05. The van der Waals surface area contributed by atoms with E-state index < -0.39 is 45.9 Å². The minimum absolute atomic E-state index is 0.0189. The molecule has 1 aromatic carbocycles. The van der Waals surface area contributed by atoms with E-state index in [0.29, 0.717) is 11.8 Å². The number of non-ortho nitro benzene ring substituents is 1. The number of allylic oxidation sites excluding steroid dienone is 2. The summed E-state index contributed by atoms with van der Waals surface area (Å²) in [6, 6.07) is 3.33. The first-order valence-electron chi connectivity index (χ1n) is 10.5. The van der Waals surface area contributed by atoms with Crippen LogP contribution in [0.4, 0.5) is 18.9 Å². The number of nitro benzene ring substituents is 1. The van der Waals surface area contributed by atoms with Crippen LogP contribution in [0.25, 0.3) is 0 Å². The van der Waals surface area contributed by atoms with Crippen LogP contribution >= 0.6 is 15.9 Å². The summed E-state index contributed by atoms with van der Waals surface area (Å²) in [5, 5.41) is 14.3. The van der Waals surface area contributed by atoms with Crippen LogP contribution < -0.4 is 10.1 Å². The summed E-state index contributed by atoms with van der Waals surface area (Å²) < 4.78 is 57.6. The Balaban J connectivity index is 2.88. The van der Waals surface area contributed by atoms with Gasteiger partial charge in [0.15, 0.2) is 0 Å². The molecule has 0 aliphatic carbocycles. The Morgan fingerprint density at radius 2 is 1.89 bits per heavy atom. The molecule has 35 heavy (non-hydrogen) atoms. The predicted molar refractivity (Wildman–Crippen MR) is 122 cm³/mol. The Labute approximate surface area is 207 Å². The zero-order chi connectivity index (χ0) is 26.3. The van der Waals surface area contributed by atoms with Crippen molar-refractivity contribution >= 4 is 33.6 Å². The zero-order valence-corrected chi connectivity index (χ0v) is 20.7. The van der Waals surface area contributed by atoms with Gasteiger partial charge in [-0.15, -0.1) is 0 Å². The average Bonchev–Trinajstić information content (AvgIpc) is 2.80. The second-order valence-corrected chi connectivity index (χ2v) is 8.11. The molecule has 192 valence electrons. The summed E-state index contributed by atoms with van der Waals surface area (Å²) in [6.45, 7) is 2.51. The molecular weight excluding hydrogens is 541 g/mol. The summed E-state index contributed by atoms with van der Waals surface area (Å²) in [6.07, 6.45) is -3.74. The summed E-state index contributed by atoms with van der Waals surface area (Å²) in [5.41, 5.74) is -3.60. The number of ether oxygens (including phenoxy) is 3. The highest BCUT2D eigenvalue weighted by Gasteiger charge is 2.48. The van der Waals surface area contributed by atoms with Crippen LogP contribution in [0.1, 0.15) is 38.2 Å². The van der Waals surface area contributed by atoms with E-state index in [9.17, 15) is 32.9 Å².